The van der Waals surface area contributed by atoms with Gasteiger partial charge < -0.3 is 15.3 Å². The van der Waals surface area contributed by atoms with Crippen molar-refractivity contribution in [3.8, 4) is 0 Å². The fourth-order valence-corrected chi connectivity index (χ4v) is 6.27. The van der Waals surface area contributed by atoms with E-state index in [0.717, 1.165) is 19.3 Å². The number of carbonyl (C=O) groups is 3. The number of hydrogen-bond donors (Lipinski definition) is 3. The SMILES string of the molecule is C=CCCCCN(C)C(=O)[C@@H]1C[C@H](O)C[C@H]1C(=O)N[C@]1(C(=O)NS(=O)(=O)C2CC2)C[C@H]1CC. The van der Waals surface area contributed by atoms with E-state index in [1.54, 1.807) is 11.9 Å². The van der Waals surface area contributed by atoms with E-state index in [0.29, 0.717) is 32.2 Å². The van der Waals surface area contributed by atoms with E-state index < -0.39 is 50.6 Å². The summed E-state index contributed by atoms with van der Waals surface area (Å²) in [6.07, 6.45) is 6.03. The van der Waals surface area contributed by atoms with Crippen LogP contribution in [-0.2, 0) is 24.4 Å². The first-order chi connectivity index (χ1) is 15.6. The number of amides is 3. The number of nitrogens with one attached hydrogen (secondary N) is 2. The van der Waals surface area contributed by atoms with Crippen LogP contribution in [0.25, 0.3) is 0 Å². The van der Waals surface area contributed by atoms with Gasteiger partial charge in [-0.3, -0.25) is 19.1 Å². The van der Waals surface area contributed by atoms with Crippen LogP contribution in [0.5, 0.6) is 0 Å². The van der Waals surface area contributed by atoms with Crippen LogP contribution in [0.2, 0.25) is 0 Å². The van der Waals surface area contributed by atoms with Crippen molar-refractivity contribution >= 4 is 27.7 Å². The summed E-state index contributed by atoms with van der Waals surface area (Å²) >= 11 is 0. The number of aliphatic hydroxyl groups is 1. The Kier molecular flexibility index (Phi) is 7.88. The molecule has 0 radical (unpaired) electrons. The predicted molar refractivity (Wildman–Crippen MR) is 123 cm³/mol. The molecule has 0 aliphatic heterocycles. The fourth-order valence-electron chi connectivity index (χ4n) is 4.91. The van der Waals surface area contributed by atoms with Gasteiger partial charge in [0.25, 0.3) is 5.91 Å². The Balaban J connectivity index is 1.66. The van der Waals surface area contributed by atoms with E-state index in [4.69, 9.17) is 0 Å². The second kappa shape index (κ2) is 10.1. The van der Waals surface area contributed by atoms with Crippen LogP contribution in [-0.4, -0.2) is 66.6 Å². The van der Waals surface area contributed by atoms with Crippen LogP contribution in [0.15, 0.2) is 12.7 Å². The van der Waals surface area contributed by atoms with E-state index in [9.17, 15) is 27.9 Å². The molecule has 3 saturated carbocycles. The molecule has 0 aromatic rings. The largest absolute Gasteiger partial charge is 0.393 e. The van der Waals surface area contributed by atoms with Gasteiger partial charge in [0.1, 0.15) is 5.54 Å². The van der Waals surface area contributed by atoms with E-state index in [1.165, 1.54) is 0 Å². The van der Waals surface area contributed by atoms with Crippen molar-refractivity contribution in [1.29, 1.82) is 0 Å². The summed E-state index contributed by atoms with van der Waals surface area (Å²) in [6.45, 7) is 6.12. The first-order valence-electron chi connectivity index (χ1n) is 12.0. The van der Waals surface area contributed by atoms with Crippen molar-refractivity contribution in [2.24, 2.45) is 17.8 Å². The molecule has 5 atom stereocenters. The molecule has 0 saturated heterocycles. The van der Waals surface area contributed by atoms with E-state index in [-0.39, 0.29) is 24.7 Å². The summed E-state index contributed by atoms with van der Waals surface area (Å²) in [5, 5.41) is 12.5. The summed E-state index contributed by atoms with van der Waals surface area (Å²) in [5.41, 5.74) is -1.27. The Hall–Kier alpha value is -1.94. The smallest absolute Gasteiger partial charge is 0.259 e. The molecule has 186 valence electrons. The van der Waals surface area contributed by atoms with Gasteiger partial charge in [0, 0.05) is 13.6 Å². The van der Waals surface area contributed by atoms with Crippen LogP contribution in [0, 0.1) is 17.8 Å². The highest BCUT2D eigenvalue weighted by Crippen LogP contribution is 2.47. The summed E-state index contributed by atoms with van der Waals surface area (Å²) in [6, 6.07) is 0. The summed E-state index contributed by atoms with van der Waals surface area (Å²) in [5.74, 6) is -2.95. The number of allylic oxidation sites excluding steroid dienone is 1. The summed E-state index contributed by atoms with van der Waals surface area (Å²) in [7, 11) is -2.04. The molecule has 9 nitrogen and oxygen atoms in total. The topological polar surface area (TPSA) is 133 Å². The Morgan fingerprint density at radius 3 is 2.42 bits per heavy atom. The van der Waals surface area contributed by atoms with Crippen LogP contribution in [0.4, 0.5) is 0 Å². The molecule has 0 aromatic carbocycles. The molecule has 3 aliphatic carbocycles. The molecule has 3 N–H and O–H groups in total. The second-order valence-corrected chi connectivity index (χ2v) is 11.8. The molecule has 0 heterocycles. The highest BCUT2D eigenvalue weighted by atomic mass is 32.2. The third-order valence-corrected chi connectivity index (χ3v) is 9.09. The molecule has 0 spiro atoms. The molecular weight excluding hydrogens is 446 g/mol. The fraction of sp³-hybridized carbons (Fsp3) is 0.783. The number of aliphatic hydroxyl groups excluding tert-OH is 1. The average Bonchev–Trinajstić information content (AvgIpc) is 3.67. The second-order valence-electron chi connectivity index (χ2n) is 9.83. The Morgan fingerprint density at radius 2 is 1.85 bits per heavy atom. The quantitative estimate of drug-likeness (QED) is 0.281. The molecule has 0 bridgehead atoms. The van der Waals surface area contributed by atoms with Gasteiger partial charge in [-0.2, -0.15) is 0 Å². The van der Waals surface area contributed by atoms with Gasteiger partial charge in [0.15, 0.2) is 0 Å². The third-order valence-electron chi connectivity index (χ3n) is 7.27. The zero-order valence-electron chi connectivity index (χ0n) is 19.6. The van der Waals surface area contributed by atoms with Crippen molar-refractivity contribution in [2.45, 2.75) is 81.6 Å². The van der Waals surface area contributed by atoms with E-state index >= 15 is 0 Å². The minimum Gasteiger partial charge on any atom is -0.393 e. The van der Waals surface area contributed by atoms with Gasteiger partial charge in [-0.1, -0.05) is 19.4 Å². The average molecular weight is 484 g/mol. The first-order valence-corrected chi connectivity index (χ1v) is 13.5. The monoisotopic (exact) mass is 483 g/mol. The summed E-state index contributed by atoms with van der Waals surface area (Å²) < 4.78 is 26.7. The van der Waals surface area contributed by atoms with Crippen LogP contribution < -0.4 is 10.0 Å². The Bertz CT molecular complexity index is 887. The van der Waals surface area contributed by atoms with Crippen molar-refractivity contribution in [2.75, 3.05) is 13.6 Å². The standard InChI is InChI=1S/C23H37N3O6S/c1-4-6-7-8-11-26(3)21(29)19-13-16(27)12-18(19)20(28)24-23(14-15(23)5-2)22(30)25-33(31,32)17-9-10-17/h4,15-19,27H,1,5-14H2,2-3H3,(H,24,28)(H,25,30)/t15-,16-,18-,19-,23-/m1/s1. The number of hydrogen-bond acceptors (Lipinski definition) is 6. The highest BCUT2D eigenvalue weighted by Gasteiger charge is 2.62. The lowest BCUT2D eigenvalue weighted by Gasteiger charge is -2.26. The lowest BCUT2D eigenvalue weighted by Crippen LogP contribution is -2.54. The highest BCUT2D eigenvalue weighted by molar-refractivity contribution is 7.91. The van der Waals surface area contributed by atoms with Crippen molar-refractivity contribution < 1.29 is 27.9 Å². The predicted octanol–water partition coefficient (Wildman–Crippen LogP) is 1.08. The zero-order chi connectivity index (χ0) is 24.4. The molecule has 33 heavy (non-hydrogen) atoms. The van der Waals surface area contributed by atoms with Crippen molar-refractivity contribution in [1.82, 2.24) is 14.9 Å². The van der Waals surface area contributed by atoms with Gasteiger partial charge in [-0.05, 0) is 57.3 Å². The number of rotatable bonds is 12. The number of unbranched alkanes of at least 4 members (excludes halogenated alkanes) is 2. The molecule has 10 heteroatoms. The first kappa shape index (κ1) is 25.7. The maximum absolute atomic E-state index is 13.2. The molecule has 3 rings (SSSR count). The molecule has 3 fully saturated rings. The number of sulfonamides is 1. The maximum Gasteiger partial charge on any atom is 0.259 e. The van der Waals surface area contributed by atoms with Gasteiger partial charge >= 0.3 is 0 Å². The zero-order valence-corrected chi connectivity index (χ0v) is 20.4. The minimum atomic E-state index is -3.73. The van der Waals surface area contributed by atoms with Crippen molar-refractivity contribution in [3.05, 3.63) is 12.7 Å². The Morgan fingerprint density at radius 1 is 1.18 bits per heavy atom. The normalized spacial score (nSPS) is 31.0. The summed E-state index contributed by atoms with van der Waals surface area (Å²) in [4.78, 5) is 40.8. The molecule has 3 aliphatic rings. The number of nitrogens with zero attached hydrogens (tertiary/aromatic N) is 1. The van der Waals surface area contributed by atoms with Crippen LogP contribution >= 0.6 is 0 Å². The molecule has 0 aromatic heterocycles. The minimum absolute atomic E-state index is 0.140. The Labute approximate surface area is 196 Å². The molecular formula is C23H37N3O6S. The van der Waals surface area contributed by atoms with Gasteiger partial charge in [0.2, 0.25) is 21.8 Å². The van der Waals surface area contributed by atoms with Gasteiger partial charge in [-0.15, -0.1) is 6.58 Å². The van der Waals surface area contributed by atoms with Crippen LogP contribution in [0.3, 0.4) is 0 Å². The number of carbonyl (C=O) groups excluding carboxylic acids is 3. The van der Waals surface area contributed by atoms with E-state index in [2.05, 4.69) is 16.6 Å². The lowest BCUT2D eigenvalue weighted by atomic mass is 9.93. The van der Waals surface area contributed by atoms with Gasteiger partial charge in [-0.25, -0.2) is 8.42 Å². The lowest BCUT2D eigenvalue weighted by molar-refractivity contribution is -0.140. The molecule has 3 amide bonds. The van der Waals surface area contributed by atoms with Crippen molar-refractivity contribution in [3.63, 3.8) is 0 Å². The van der Waals surface area contributed by atoms with E-state index in [1.807, 2.05) is 13.0 Å². The third kappa shape index (κ3) is 5.77. The van der Waals surface area contributed by atoms with Gasteiger partial charge in [0.05, 0.1) is 23.2 Å². The molecule has 0 unspecified atom stereocenters. The van der Waals surface area contributed by atoms with Crippen LogP contribution in [0.1, 0.15) is 64.7 Å². The maximum atomic E-state index is 13.2.